The van der Waals surface area contributed by atoms with E-state index in [2.05, 4.69) is 20.2 Å². The van der Waals surface area contributed by atoms with Crippen molar-refractivity contribution in [2.45, 2.75) is 25.3 Å². The van der Waals surface area contributed by atoms with Crippen LogP contribution in [0, 0.1) is 0 Å². The Morgan fingerprint density at radius 1 is 1.14 bits per heavy atom. The van der Waals surface area contributed by atoms with E-state index in [-0.39, 0.29) is 11.9 Å². The second kappa shape index (κ2) is 8.80. The molecular weight excluding hydrogens is 352 g/mol. The number of amides is 1. The Balaban J connectivity index is 1.39. The molecule has 0 bridgehead atoms. The Kier molecular flexibility index (Phi) is 5.77. The highest BCUT2D eigenvalue weighted by molar-refractivity contribution is 5.91. The van der Waals surface area contributed by atoms with Crippen molar-refractivity contribution in [3.05, 3.63) is 66.4 Å². The van der Waals surface area contributed by atoms with Crippen LogP contribution in [0.2, 0.25) is 0 Å². The Morgan fingerprint density at radius 2 is 1.96 bits per heavy atom. The third-order valence-corrected chi connectivity index (χ3v) is 5.05. The molecule has 1 N–H and O–H groups in total. The number of piperidine rings is 1. The summed E-state index contributed by atoms with van der Waals surface area (Å²) in [6.07, 6.45) is 10.2. The first kappa shape index (κ1) is 18.4. The van der Waals surface area contributed by atoms with Crippen molar-refractivity contribution >= 4 is 23.0 Å². The highest BCUT2D eigenvalue weighted by Crippen LogP contribution is 2.24. The van der Waals surface area contributed by atoms with Gasteiger partial charge < -0.3 is 9.73 Å². The van der Waals surface area contributed by atoms with Gasteiger partial charge in [0.05, 0.1) is 35.2 Å². The fourth-order valence-corrected chi connectivity index (χ4v) is 3.59. The average Bonchev–Trinajstić information content (AvgIpc) is 3.27. The summed E-state index contributed by atoms with van der Waals surface area (Å²) in [5, 5.41) is 3.00. The van der Waals surface area contributed by atoms with E-state index < -0.39 is 0 Å². The predicted octanol–water partition coefficient (Wildman–Crippen LogP) is 3.58. The molecule has 6 nitrogen and oxygen atoms in total. The largest absolute Gasteiger partial charge is 0.468 e. The highest BCUT2D eigenvalue weighted by atomic mass is 16.3. The van der Waals surface area contributed by atoms with Gasteiger partial charge in [-0.05, 0) is 56.3 Å². The number of hydrogen-bond acceptors (Lipinski definition) is 5. The predicted molar refractivity (Wildman–Crippen MR) is 108 cm³/mol. The van der Waals surface area contributed by atoms with Crippen LogP contribution in [0.15, 0.2) is 59.4 Å². The van der Waals surface area contributed by atoms with Crippen LogP contribution in [0.5, 0.6) is 0 Å². The summed E-state index contributed by atoms with van der Waals surface area (Å²) >= 11 is 0. The third kappa shape index (κ3) is 4.46. The Labute approximate surface area is 164 Å². The van der Waals surface area contributed by atoms with Crippen LogP contribution in [0.1, 0.15) is 36.8 Å². The number of fused-ring (bicyclic) bond motifs is 1. The van der Waals surface area contributed by atoms with Gasteiger partial charge in [-0.25, -0.2) is 4.98 Å². The number of nitrogens with zero attached hydrogens (tertiary/aromatic N) is 3. The lowest BCUT2D eigenvalue weighted by Gasteiger charge is -2.33. The van der Waals surface area contributed by atoms with Crippen LogP contribution >= 0.6 is 0 Å². The number of benzene rings is 1. The molecule has 1 amide bonds. The third-order valence-electron chi connectivity index (χ3n) is 5.05. The zero-order valence-electron chi connectivity index (χ0n) is 15.8. The lowest BCUT2D eigenvalue weighted by atomic mass is 10.1. The number of carbonyl (C=O) groups is 1. The van der Waals surface area contributed by atoms with Crippen LogP contribution in [0.3, 0.4) is 0 Å². The average molecular weight is 376 g/mol. The SMILES string of the molecule is O=C(/C=C/c1cnc2ccccc2n1)NCC(c1ccco1)N1CCCCC1. The molecule has 0 aliphatic carbocycles. The summed E-state index contributed by atoms with van der Waals surface area (Å²) in [4.78, 5) is 23.6. The van der Waals surface area contributed by atoms with E-state index in [0.717, 1.165) is 29.9 Å². The standard InChI is InChI=1S/C22H24N4O2/c27-22(11-10-17-15-23-18-7-2-3-8-19(18)25-17)24-16-20(21-9-6-14-28-21)26-12-4-1-5-13-26/h2-3,6-11,14-15,20H,1,4-5,12-13,16H2,(H,24,27)/b11-10+. The molecule has 0 radical (unpaired) electrons. The van der Waals surface area contributed by atoms with Crippen LogP contribution in [-0.4, -0.2) is 40.4 Å². The van der Waals surface area contributed by atoms with Gasteiger partial charge in [-0.1, -0.05) is 18.6 Å². The van der Waals surface area contributed by atoms with Gasteiger partial charge >= 0.3 is 0 Å². The number of likely N-dealkylation sites (tertiary alicyclic amines) is 1. The van der Waals surface area contributed by atoms with Gasteiger partial charge in [-0.15, -0.1) is 0 Å². The van der Waals surface area contributed by atoms with Crippen molar-refractivity contribution in [2.75, 3.05) is 19.6 Å². The number of rotatable bonds is 6. The summed E-state index contributed by atoms with van der Waals surface area (Å²) in [5.74, 6) is 0.745. The van der Waals surface area contributed by atoms with Crippen molar-refractivity contribution in [3.8, 4) is 0 Å². The smallest absolute Gasteiger partial charge is 0.244 e. The van der Waals surface area contributed by atoms with Crippen LogP contribution in [-0.2, 0) is 4.79 Å². The molecule has 1 aliphatic heterocycles. The van der Waals surface area contributed by atoms with Crippen LogP contribution in [0.25, 0.3) is 17.1 Å². The van der Waals surface area contributed by atoms with E-state index in [9.17, 15) is 4.79 Å². The first-order valence-corrected chi connectivity index (χ1v) is 9.75. The molecule has 2 aromatic heterocycles. The normalized spacial score (nSPS) is 16.4. The van der Waals surface area contributed by atoms with Gasteiger partial charge in [0.2, 0.25) is 5.91 Å². The number of carbonyl (C=O) groups excluding carboxylic acids is 1. The number of furan rings is 1. The van der Waals surface area contributed by atoms with E-state index in [4.69, 9.17) is 4.42 Å². The monoisotopic (exact) mass is 376 g/mol. The number of hydrogen-bond donors (Lipinski definition) is 1. The molecule has 1 unspecified atom stereocenters. The second-order valence-corrected chi connectivity index (χ2v) is 6.99. The van der Waals surface area contributed by atoms with Gasteiger partial charge in [0, 0.05) is 12.6 Å². The van der Waals surface area contributed by atoms with Gasteiger partial charge in [-0.2, -0.15) is 0 Å². The lowest BCUT2D eigenvalue weighted by molar-refractivity contribution is -0.116. The maximum absolute atomic E-state index is 12.3. The molecule has 0 spiro atoms. The maximum atomic E-state index is 12.3. The van der Waals surface area contributed by atoms with Crippen molar-refractivity contribution in [2.24, 2.45) is 0 Å². The van der Waals surface area contributed by atoms with Crippen LogP contribution < -0.4 is 5.32 Å². The van der Waals surface area contributed by atoms with Crippen molar-refractivity contribution < 1.29 is 9.21 Å². The van der Waals surface area contributed by atoms with Crippen molar-refractivity contribution in [3.63, 3.8) is 0 Å². The molecule has 1 saturated heterocycles. The fraction of sp³-hybridized carbons (Fsp3) is 0.318. The minimum Gasteiger partial charge on any atom is -0.468 e. The number of para-hydroxylation sites is 2. The van der Waals surface area contributed by atoms with Crippen molar-refractivity contribution in [1.82, 2.24) is 20.2 Å². The molecular formula is C22H24N4O2. The van der Waals surface area contributed by atoms with E-state index in [0.29, 0.717) is 12.2 Å². The molecule has 1 fully saturated rings. The minimum atomic E-state index is -0.150. The van der Waals surface area contributed by atoms with Gasteiger partial charge in [0.25, 0.3) is 0 Å². The molecule has 3 aromatic rings. The lowest BCUT2D eigenvalue weighted by Crippen LogP contribution is -2.40. The van der Waals surface area contributed by atoms with E-state index >= 15 is 0 Å². The van der Waals surface area contributed by atoms with Crippen molar-refractivity contribution in [1.29, 1.82) is 0 Å². The molecule has 1 aromatic carbocycles. The van der Waals surface area contributed by atoms with E-state index in [1.165, 1.54) is 25.3 Å². The number of aromatic nitrogens is 2. The zero-order valence-corrected chi connectivity index (χ0v) is 15.8. The summed E-state index contributed by atoms with van der Waals surface area (Å²) in [5.41, 5.74) is 2.31. The topological polar surface area (TPSA) is 71.3 Å². The molecule has 6 heteroatoms. The summed E-state index contributed by atoms with van der Waals surface area (Å²) in [6, 6.07) is 11.6. The molecule has 3 heterocycles. The first-order valence-electron chi connectivity index (χ1n) is 9.75. The Bertz CT molecular complexity index is 946. The molecule has 4 rings (SSSR count). The van der Waals surface area contributed by atoms with E-state index in [1.54, 1.807) is 18.5 Å². The summed E-state index contributed by atoms with van der Waals surface area (Å²) in [7, 11) is 0. The summed E-state index contributed by atoms with van der Waals surface area (Å²) < 4.78 is 5.62. The molecule has 0 saturated carbocycles. The first-order chi connectivity index (χ1) is 13.8. The van der Waals surface area contributed by atoms with Gasteiger partial charge in [0.1, 0.15) is 5.76 Å². The summed E-state index contributed by atoms with van der Waals surface area (Å²) in [6.45, 7) is 2.58. The molecule has 28 heavy (non-hydrogen) atoms. The molecule has 1 aliphatic rings. The molecule has 1 atom stereocenters. The highest BCUT2D eigenvalue weighted by Gasteiger charge is 2.24. The Hall–Kier alpha value is -2.99. The van der Waals surface area contributed by atoms with Gasteiger partial charge in [0.15, 0.2) is 0 Å². The fourth-order valence-electron chi connectivity index (χ4n) is 3.59. The van der Waals surface area contributed by atoms with Crippen LogP contribution in [0.4, 0.5) is 0 Å². The minimum absolute atomic E-state index is 0.0631. The van der Waals surface area contributed by atoms with E-state index in [1.807, 2.05) is 36.4 Å². The molecule has 144 valence electrons. The maximum Gasteiger partial charge on any atom is 0.244 e. The quantitative estimate of drug-likeness (QED) is 0.666. The number of nitrogens with one attached hydrogen (secondary N) is 1. The Morgan fingerprint density at radius 3 is 2.75 bits per heavy atom. The zero-order chi connectivity index (χ0) is 19.2. The van der Waals surface area contributed by atoms with Gasteiger partial charge in [-0.3, -0.25) is 14.7 Å². The second-order valence-electron chi connectivity index (χ2n) is 6.99.